The number of nitrogens with one attached hydrogen (secondary N) is 2. The molecule has 0 aromatic carbocycles. The monoisotopic (exact) mass is 226 g/mol. The van der Waals surface area contributed by atoms with Crippen LogP contribution in [0.3, 0.4) is 0 Å². The number of rotatable bonds is 2. The summed E-state index contributed by atoms with van der Waals surface area (Å²) in [6.07, 6.45) is 0.344. The van der Waals surface area contributed by atoms with Crippen molar-refractivity contribution in [2.75, 3.05) is 6.54 Å². The van der Waals surface area contributed by atoms with Crippen LogP contribution in [0.15, 0.2) is 0 Å². The largest absolute Gasteiger partial charge is 0.354 e. The van der Waals surface area contributed by atoms with Crippen molar-refractivity contribution in [2.45, 2.75) is 19.4 Å². The Morgan fingerprint density at radius 2 is 2.47 bits per heavy atom. The highest BCUT2D eigenvalue weighted by Gasteiger charge is 2.24. The zero-order valence-electron chi connectivity index (χ0n) is 8.11. The minimum atomic E-state index is -0.205. The Morgan fingerprint density at radius 1 is 1.67 bits per heavy atom. The number of hydrogen-bond acceptors (Lipinski definition) is 5. The van der Waals surface area contributed by atoms with Gasteiger partial charge in [-0.1, -0.05) is 4.49 Å². The first kappa shape index (κ1) is 10.0. The van der Waals surface area contributed by atoms with Crippen molar-refractivity contribution in [1.82, 2.24) is 20.2 Å². The minimum Gasteiger partial charge on any atom is -0.354 e. The molecule has 0 aliphatic carbocycles. The van der Waals surface area contributed by atoms with E-state index >= 15 is 0 Å². The van der Waals surface area contributed by atoms with Crippen LogP contribution >= 0.6 is 11.5 Å². The molecule has 2 rings (SSSR count). The molecule has 1 unspecified atom stereocenters. The van der Waals surface area contributed by atoms with Crippen LogP contribution in [0, 0.1) is 6.92 Å². The van der Waals surface area contributed by atoms with Crippen LogP contribution in [0.25, 0.3) is 0 Å². The maximum atomic E-state index is 11.7. The molecular weight excluding hydrogens is 216 g/mol. The van der Waals surface area contributed by atoms with Gasteiger partial charge in [0.1, 0.15) is 4.88 Å². The molecule has 1 aromatic rings. The summed E-state index contributed by atoms with van der Waals surface area (Å²) in [5, 5.41) is 9.17. The van der Waals surface area contributed by atoms with Gasteiger partial charge in [-0.2, -0.15) is 0 Å². The number of amides is 2. The highest BCUT2D eigenvalue weighted by molar-refractivity contribution is 7.08. The Hall–Kier alpha value is -1.50. The molecule has 7 heteroatoms. The lowest BCUT2D eigenvalue weighted by Gasteiger charge is -2.08. The molecule has 1 aliphatic rings. The third-order valence-corrected chi connectivity index (χ3v) is 3.00. The molecule has 0 saturated carbocycles. The summed E-state index contributed by atoms with van der Waals surface area (Å²) in [5.74, 6) is -0.233. The maximum Gasteiger partial charge on any atom is 0.265 e. The van der Waals surface area contributed by atoms with Crippen LogP contribution in [0.1, 0.15) is 21.8 Å². The molecule has 1 aliphatic heterocycles. The van der Waals surface area contributed by atoms with Crippen LogP contribution in [-0.4, -0.2) is 34.0 Å². The van der Waals surface area contributed by atoms with Gasteiger partial charge in [-0.15, -0.1) is 5.10 Å². The lowest BCUT2D eigenvalue weighted by molar-refractivity contribution is -0.119. The normalized spacial score (nSPS) is 20.1. The smallest absolute Gasteiger partial charge is 0.265 e. The molecule has 2 N–H and O–H groups in total. The lowest BCUT2D eigenvalue weighted by Crippen LogP contribution is -2.36. The van der Waals surface area contributed by atoms with E-state index in [1.54, 1.807) is 6.92 Å². The standard InChI is InChI=1S/C8H10N4O2S/c1-4-7(15-12-11-4)8(14)10-5-2-6(13)9-3-5/h5H,2-3H2,1H3,(H,9,13)(H,10,14). The quantitative estimate of drug-likeness (QED) is 0.709. The average Bonchev–Trinajstić information content (AvgIpc) is 2.75. The molecular formula is C8H10N4O2S. The lowest BCUT2D eigenvalue weighted by atomic mass is 10.2. The maximum absolute atomic E-state index is 11.7. The zero-order valence-corrected chi connectivity index (χ0v) is 8.93. The Labute approximate surface area is 90.2 Å². The van der Waals surface area contributed by atoms with Gasteiger partial charge < -0.3 is 10.6 Å². The van der Waals surface area contributed by atoms with Crippen LogP contribution in [0.2, 0.25) is 0 Å². The molecule has 0 radical (unpaired) electrons. The molecule has 2 heterocycles. The van der Waals surface area contributed by atoms with Crippen LogP contribution in [-0.2, 0) is 4.79 Å². The molecule has 15 heavy (non-hydrogen) atoms. The molecule has 0 bridgehead atoms. The summed E-state index contributed by atoms with van der Waals surface area (Å²) in [4.78, 5) is 23.1. The topological polar surface area (TPSA) is 84.0 Å². The van der Waals surface area contributed by atoms with Crippen molar-refractivity contribution in [1.29, 1.82) is 0 Å². The van der Waals surface area contributed by atoms with E-state index in [0.29, 0.717) is 23.5 Å². The van der Waals surface area contributed by atoms with Crippen LogP contribution in [0.5, 0.6) is 0 Å². The van der Waals surface area contributed by atoms with E-state index in [1.165, 1.54) is 0 Å². The van der Waals surface area contributed by atoms with Gasteiger partial charge in [0.05, 0.1) is 11.7 Å². The van der Waals surface area contributed by atoms with E-state index in [4.69, 9.17) is 0 Å². The van der Waals surface area contributed by atoms with E-state index in [2.05, 4.69) is 20.2 Å². The predicted molar refractivity (Wildman–Crippen MR) is 53.5 cm³/mol. The van der Waals surface area contributed by atoms with Crippen molar-refractivity contribution in [3.05, 3.63) is 10.6 Å². The van der Waals surface area contributed by atoms with Crippen molar-refractivity contribution in [3.8, 4) is 0 Å². The Bertz CT molecular complexity index is 403. The van der Waals surface area contributed by atoms with Crippen molar-refractivity contribution >= 4 is 23.3 Å². The van der Waals surface area contributed by atoms with Crippen LogP contribution in [0.4, 0.5) is 0 Å². The van der Waals surface area contributed by atoms with E-state index in [1.807, 2.05) is 0 Å². The van der Waals surface area contributed by atoms with E-state index in [-0.39, 0.29) is 17.9 Å². The van der Waals surface area contributed by atoms with Crippen molar-refractivity contribution in [3.63, 3.8) is 0 Å². The second-order valence-electron chi connectivity index (χ2n) is 3.37. The fourth-order valence-electron chi connectivity index (χ4n) is 1.40. The first-order valence-electron chi connectivity index (χ1n) is 4.53. The van der Waals surface area contributed by atoms with Gasteiger partial charge in [-0.05, 0) is 18.5 Å². The molecule has 1 aromatic heterocycles. The third kappa shape index (κ3) is 2.12. The van der Waals surface area contributed by atoms with Gasteiger partial charge in [-0.25, -0.2) is 0 Å². The van der Waals surface area contributed by atoms with Crippen LogP contribution < -0.4 is 10.6 Å². The number of aromatic nitrogens is 2. The van der Waals surface area contributed by atoms with Gasteiger partial charge in [0, 0.05) is 13.0 Å². The number of carbonyl (C=O) groups excluding carboxylic acids is 2. The summed E-state index contributed by atoms with van der Waals surface area (Å²) >= 11 is 1.06. The summed E-state index contributed by atoms with van der Waals surface area (Å²) in [6, 6.07) is -0.119. The molecule has 6 nitrogen and oxygen atoms in total. The highest BCUT2D eigenvalue weighted by atomic mass is 32.1. The molecule has 1 atom stereocenters. The SMILES string of the molecule is Cc1nnsc1C(=O)NC1CNC(=O)C1. The first-order chi connectivity index (χ1) is 7.16. The van der Waals surface area contributed by atoms with Gasteiger partial charge in [0.15, 0.2) is 0 Å². The molecule has 0 spiro atoms. The summed E-state index contributed by atoms with van der Waals surface area (Å²) in [7, 11) is 0. The number of aryl methyl sites for hydroxylation is 1. The predicted octanol–water partition coefficient (Wildman–Crippen LogP) is -0.535. The number of hydrogen-bond donors (Lipinski definition) is 2. The minimum absolute atomic E-state index is 0.0283. The van der Waals surface area contributed by atoms with Gasteiger partial charge in [0.25, 0.3) is 5.91 Å². The van der Waals surface area contributed by atoms with Gasteiger partial charge in [-0.3, -0.25) is 9.59 Å². The summed E-state index contributed by atoms with van der Waals surface area (Å²) in [6.45, 7) is 2.23. The fraction of sp³-hybridized carbons (Fsp3) is 0.500. The average molecular weight is 226 g/mol. The number of nitrogens with zero attached hydrogens (tertiary/aromatic N) is 2. The van der Waals surface area contributed by atoms with E-state index in [0.717, 1.165) is 11.5 Å². The number of carbonyl (C=O) groups is 2. The molecule has 1 saturated heterocycles. The Morgan fingerprint density at radius 3 is 3.00 bits per heavy atom. The summed E-state index contributed by atoms with van der Waals surface area (Å²) in [5.41, 5.74) is 0.620. The van der Waals surface area contributed by atoms with E-state index in [9.17, 15) is 9.59 Å². The Balaban J connectivity index is 1.98. The summed E-state index contributed by atoms with van der Waals surface area (Å²) < 4.78 is 3.68. The fourth-order valence-corrected chi connectivity index (χ4v) is 1.96. The second kappa shape index (κ2) is 3.93. The van der Waals surface area contributed by atoms with Gasteiger partial charge >= 0.3 is 0 Å². The second-order valence-corrected chi connectivity index (χ2v) is 4.12. The van der Waals surface area contributed by atoms with Crippen molar-refractivity contribution in [2.24, 2.45) is 0 Å². The molecule has 80 valence electrons. The highest BCUT2D eigenvalue weighted by Crippen LogP contribution is 2.10. The molecule has 1 fully saturated rings. The Kier molecular flexibility index (Phi) is 2.63. The zero-order chi connectivity index (χ0) is 10.8. The van der Waals surface area contributed by atoms with Crippen molar-refractivity contribution < 1.29 is 9.59 Å². The molecule has 2 amide bonds. The third-order valence-electron chi connectivity index (χ3n) is 2.17. The first-order valence-corrected chi connectivity index (χ1v) is 5.30. The van der Waals surface area contributed by atoms with Gasteiger partial charge in [0.2, 0.25) is 5.91 Å². The van der Waals surface area contributed by atoms with E-state index < -0.39 is 0 Å².